The third-order valence-corrected chi connectivity index (χ3v) is 5.89. The van der Waals surface area contributed by atoms with Crippen LogP contribution in [0.3, 0.4) is 0 Å². The molecule has 0 aromatic heterocycles. The largest absolute Gasteiger partial charge is 0.462 e. The van der Waals surface area contributed by atoms with Gasteiger partial charge in [0.1, 0.15) is 12.0 Å². The van der Waals surface area contributed by atoms with Gasteiger partial charge in [-0.25, -0.2) is 0 Å². The summed E-state index contributed by atoms with van der Waals surface area (Å²) in [5.41, 5.74) is 0.828. The number of benzene rings is 1. The molecule has 22 heavy (non-hydrogen) atoms. The van der Waals surface area contributed by atoms with Gasteiger partial charge in [0, 0.05) is 24.9 Å². The van der Waals surface area contributed by atoms with Gasteiger partial charge in [0.25, 0.3) is 0 Å². The van der Waals surface area contributed by atoms with Gasteiger partial charge in [0.15, 0.2) is 0 Å². The first-order valence-corrected chi connectivity index (χ1v) is 8.27. The first-order valence-electron chi connectivity index (χ1n) is 8.27. The maximum Gasteiger partial charge on any atom is 0.316 e. The molecule has 0 amide bonds. The quantitative estimate of drug-likeness (QED) is 0.861. The Bertz CT molecular complexity index is 543. The van der Waals surface area contributed by atoms with E-state index in [1.165, 1.54) is 6.42 Å². The highest BCUT2D eigenvalue weighted by Crippen LogP contribution is 2.58. The zero-order chi connectivity index (χ0) is 15.3. The molecule has 1 aromatic carbocycles. The van der Waals surface area contributed by atoms with Crippen molar-refractivity contribution in [3.05, 3.63) is 35.9 Å². The van der Waals surface area contributed by atoms with Gasteiger partial charge < -0.3 is 9.84 Å². The predicted molar refractivity (Wildman–Crippen MR) is 82.3 cm³/mol. The highest BCUT2D eigenvalue weighted by atomic mass is 16.5. The van der Waals surface area contributed by atoms with E-state index in [-0.39, 0.29) is 18.7 Å². The van der Waals surface area contributed by atoms with Gasteiger partial charge in [0.05, 0.1) is 6.61 Å². The molecule has 6 atom stereocenters. The van der Waals surface area contributed by atoms with E-state index in [4.69, 9.17) is 4.74 Å². The molecule has 3 unspecified atom stereocenters. The van der Waals surface area contributed by atoms with Crippen LogP contribution in [0.15, 0.2) is 30.3 Å². The molecule has 0 spiro atoms. The fourth-order valence-electron chi connectivity index (χ4n) is 4.63. The van der Waals surface area contributed by atoms with Crippen LogP contribution >= 0.6 is 0 Å². The number of piperidine rings is 2. The van der Waals surface area contributed by atoms with Gasteiger partial charge in [-0.15, -0.1) is 0 Å². The number of carbonyl (C=O) groups is 1. The van der Waals surface area contributed by atoms with Crippen LogP contribution < -0.4 is 0 Å². The maximum absolute atomic E-state index is 12.5. The molecule has 2 aliphatic heterocycles. The highest BCUT2D eigenvalue weighted by Gasteiger charge is 2.60. The Morgan fingerprint density at radius 1 is 1.23 bits per heavy atom. The lowest BCUT2D eigenvalue weighted by Crippen LogP contribution is -2.46. The zero-order valence-electron chi connectivity index (χ0n) is 12.9. The molecule has 1 saturated carbocycles. The topological polar surface area (TPSA) is 49.8 Å². The lowest BCUT2D eigenvalue weighted by Gasteiger charge is -2.39. The van der Waals surface area contributed by atoms with Gasteiger partial charge in [-0.3, -0.25) is 9.69 Å². The van der Waals surface area contributed by atoms with E-state index < -0.39 is 5.92 Å². The third kappa shape index (κ3) is 2.25. The monoisotopic (exact) mass is 301 g/mol. The van der Waals surface area contributed by atoms with Crippen molar-refractivity contribution in [2.24, 2.45) is 11.8 Å². The number of aliphatic hydroxyl groups excluding tert-OH is 1. The van der Waals surface area contributed by atoms with Crippen LogP contribution in [-0.4, -0.2) is 47.8 Å². The van der Waals surface area contributed by atoms with Crippen molar-refractivity contribution in [3.63, 3.8) is 0 Å². The Labute approximate surface area is 131 Å². The van der Waals surface area contributed by atoms with Crippen molar-refractivity contribution >= 4 is 5.97 Å². The Morgan fingerprint density at radius 2 is 1.86 bits per heavy atom. The molecular weight excluding hydrogens is 278 g/mol. The molecule has 2 heterocycles. The summed E-state index contributed by atoms with van der Waals surface area (Å²) in [4.78, 5) is 14.9. The van der Waals surface area contributed by atoms with Crippen molar-refractivity contribution in [2.45, 2.75) is 43.4 Å². The SMILES string of the molecule is CN1C2CC(OC(=O)[C@H](CO)c3ccccc3)CC1[C@@H]1C[C@H]21. The molecule has 4 heteroatoms. The predicted octanol–water partition coefficient (Wildman–Crippen LogP) is 1.79. The molecule has 4 rings (SSSR count). The molecule has 118 valence electrons. The minimum atomic E-state index is -0.562. The number of hydrogen-bond acceptors (Lipinski definition) is 4. The van der Waals surface area contributed by atoms with Gasteiger partial charge in [0.2, 0.25) is 0 Å². The standard InChI is InChI=1S/C18H23NO3/c1-19-16-7-12(8-17(19)14-9-13(14)16)22-18(21)15(10-20)11-5-3-2-4-6-11/h2-6,12-17,20H,7-10H2,1H3/t12?,13-,14+,15-,16?,17?/m1/s1. The normalized spacial score (nSPS) is 37.5. The minimum Gasteiger partial charge on any atom is -0.462 e. The zero-order valence-corrected chi connectivity index (χ0v) is 12.9. The van der Waals surface area contributed by atoms with E-state index in [2.05, 4.69) is 11.9 Å². The molecule has 3 fully saturated rings. The van der Waals surface area contributed by atoms with E-state index in [1.807, 2.05) is 30.3 Å². The van der Waals surface area contributed by atoms with Gasteiger partial charge >= 0.3 is 5.97 Å². The lowest BCUT2D eigenvalue weighted by molar-refractivity contribution is -0.155. The van der Waals surface area contributed by atoms with Crippen molar-refractivity contribution in [1.82, 2.24) is 4.90 Å². The van der Waals surface area contributed by atoms with Gasteiger partial charge in [-0.05, 0) is 30.9 Å². The molecule has 2 saturated heterocycles. The summed E-state index contributed by atoms with van der Waals surface area (Å²) >= 11 is 0. The summed E-state index contributed by atoms with van der Waals surface area (Å²) < 4.78 is 5.77. The van der Waals surface area contributed by atoms with E-state index in [0.29, 0.717) is 12.1 Å². The Balaban J connectivity index is 1.42. The third-order valence-electron chi connectivity index (χ3n) is 5.89. The first-order chi connectivity index (χ1) is 10.7. The second-order valence-corrected chi connectivity index (χ2v) is 7.04. The van der Waals surface area contributed by atoms with Crippen LogP contribution in [-0.2, 0) is 9.53 Å². The van der Waals surface area contributed by atoms with Crippen molar-refractivity contribution in [1.29, 1.82) is 0 Å². The smallest absolute Gasteiger partial charge is 0.316 e. The summed E-state index contributed by atoms with van der Waals surface area (Å²) in [7, 11) is 2.21. The number of aliphatic hydroxyl groups is 1. The molecule has 1 N–H and O–H groups in total. The summed E-state index contributed by atoms with van der Waals surface area (Å²) in [6.07, 6.45) is 3.29. The Kier molecular flexibility index (Phi) is 3.46. The number of hydrogen-bond donors (Lipinski definition) is 1. The van der Waals surface area contributed by atoms with E-state index in [0.717, 1.165) is 30.2 Å². The molecule has 0 radical (unpaired) electrons. The van der Waals surface area contributed by atoms with Crippen LogP contribution in [0, 0.1) is 11.8 Å². The van der Waals surface area contributed by atoms with Crippen LogP contribution in [0.5, 0.6) is 0 Å². The number of esters is 1. The number of nitrogens with zero attached hydrogens (tertiary/aromatic N) is 1. The highest BCUT2D eigenvalue weighted by molar-refractivity contribution is 5.78. The van der Waals surface area contributed by atoms with Gasteiger partial charge in [-0.2, -0.15) is 0 Å². The summed E-state index contributed by atoms with van der Waals surface area (Å²) in [6, 6.07) is 10.6. The van der Waals surface area contributed by atoms with E-state index >= 15 is 0 Å². The average molecular weight is 301 g/mol. The molecule has 2 bridgehead atoms. The number of fused-ring (bicyclic) bond motifs is 5. The average Bonchev–Trinajstić information content (AvgIpc) is 3.27. The van der Waals surface area contributed by atoms with Crippen LogP contribution in [0.1, 0.15) is 30.7 Å². The van der Waals surface area contributed by atoms with Gasteiger partial charge in [-0.1, -0.05) is 30.3 Å². The fourth-order valence-corrected chi connectivity index (χ4v) is 4.63. The second-order valence-electron chi connectivity index (χ2n) is 7.04. The van der Waals surface area contributed by atoms with Crippen molar-refractivity contribution < 1.29 is 14.6 Å². The second kappa shape index (κ2) is 5.36. The summed E-state index contributed by atoms with van der Waals surface area (Å²) in [5, 5.41) is 9.58. The first kappa shape index (κ1) is 14.2. The van der Waals surface area contributed by atoms with Crippen molar-refractivity contribution in [2.75, 3.05) is 13.7 Å². The number of carbonyl (C=O) groups excluding carboxylic acids is 1. The molecule has 1 aliphatic carbocycles. The number of ether oxygens (including phenoxy) is 1. The van der Waals surface area contributed by atoms with Crippen molar-refractivity contribution in [3.8, 4) is 0 Å². The summed E-state index contributed by atoms with van der Waals surface area (Å²) in [5.74, 6) is 0.826. The maximum atomic E-state index is 12.5. The minimum absolute atomic E-state index is 0.0178. The lowest BCUT2D eigenvalue weighted by atomic mass is 9.95. The van der Waals surface area contributed by atoms with E-state index in [9.17, 15) is 9.90 Å². The summed E-state index contributed by atoms with van der Waals surface area (Å²) in [6.45, 7) is -0.201. The molecular formula is C18H23NO3. The van der Waals surface area contributed by atoms with Crippen LogP contribution in [0.4, 0.5) is 0 Å². The van der Waals surface area contributed by atoms with E-state index in [1.54, 1.807) is 0 Å². The van der Waals surface area contributed by atoms with Crippen LogP contribution in [0.25, 0.3) is 0 Å². The Morgan fingerprint density at radius 3 is 2.45 bits per heavy atom. The van der Waals surface area contributed by atoms with Crippen LogP contribution in [0.2, 0.25) is 0 Å². The Hall–Kier alpha value is -1.39. The molecule has 1 aromatic rings. The molecule has 4 nitrogen and oxygen atoms in total. The number of rotatable bonds is 4. The molecule has 3 aliphatic rings. The fraction of sp³-hybridized carbons (Fsp3) is 0.611.